The van der Waals surface area contributed by atoms with Crippen molar-refractivity contribution in [2.24, 2.45) is 0 Å². The van der Waals surface area contributed by atoms with Crippen molar-refractivity contribution in [3.05, 3.63) is 69.6 Å². The van der Waals surface area contributed by atoms with E-state index in [2.05, 4.69) is 17.4 Å². The van der Waals surface area contributed by atoms with Crippen LogP contribution in [-0.4, -0.2) is 54.1 Å². The zero-order valence-corrected chi connectivity index (χ0v) is 21.6. The van der Waals surface area contributed by atoms with Crippen LogP contribution in [0.15, 0.2) is 47.5 Å². The third-order valence-corrected chi connectivity index (χ3v) is 7.94. The van der Waals surface area contributed by atoms with Gasteiger partial charge in [-0.3, -0.25) is 14.4 Å². The summed E-state index contributed by atoms with van der Waals surface area (Å²) >= 11 is 0. The quantitative estimate of drug-likeness (QED) is 0.623. The highest BCUT2D eigenvalue weighted by Gasteiger charge is 2.35. The van der Waals surface area contributed by atoms with Crippen molar-refractivity contribution in [3.8, 4) is 0 Å². The molecule has 2 aliphatic heterocycles. The average molecular weight is 494 g/mol. The van der Waals surface area contributed by atoms with E-state index in [0.717, 1.165) is 50.5 Å². The predicted molar refractivity (Wildman–Crippen MR) is 141 cm³/mol. The first kappa shape index (κ1) is 26.1. The molecule has 194 valence electrons. The lowest BCUT2D eigenvalue weighted by Crippen LogP contribution is -2.46. The van der Waals surface area contributed by atoms with Crippen LogP contribution in [0.5, 0.6) is 0 Å². The molecule has 0 bridgehead atoms. The molecule has 3 heterocycles. The minimum Gasteiger partial charge on any atom is -0.381 e. The van der Waals surface area contributed by atoms with Crippen molar-refractivity contribution >= 4 is 11.8 Å². The number of aromatic nitrogens is 1. The molecule has 4 rings (SSSR count). The normalized spacial score (nSPS) is 18.8. The van der Waals surface area contributed by atoms with E-state index in [-0.39, 0.29) is 28.5 Å². The van der Waals surface area contributed by atoms with Crippen LogP contribution in [0.1, 0.15) is 91.1 Å². The maximum atomic E-state index is 13.5. The van der Waals surface area contributed by atoms with Gasteiger partial charge in [0, 0.05) is 56.7 Å². The molecule has 2 fully saturated rings. The van der Waals surface area contributed by atoms with Gasteiger partial charge in [0.2, 0.25) is 5.43 Å². The van der Waals surface area contributed by atoms with Crippen molar-refractivity contribution in [3.63, 3.8) is 0 Å². The SMILES string of the molecule is CC[C@@H](C)n1cc(C(=O)NCC2(c3ccccc3)CCOCC2)c(=O)c(C(=O)N2CCCCCC2)c1. The number of pyridine rings is 1. The number of nitrogens with one attached hydrogen (secondary N) is 1. The fraction of sp³-hybridized carbons (Fsp3) is 0.552. The van der Waals surface area contributed by atoms with Crippen LogP contribution in [0.25, 0.3) is 0 Å². The number of hydrogen-bond acceptors (Lipinski definition) is 4. The Morgan fingerprint density at radius 3 is 2.28 bits per heavy atom. The highest BCUT2D eigenvalue weighted by atomic mass is 16.5. The van der Waals surface area contributed by atoms with E-state index in [1.165, 1.54) is 0 Å². The Morgan fingerprint density at radius 1 is 1.00 bits per heavy atom. The molecular formula is C29H39N3O4. The van der Waals surface area contributed by atoms with Gasteiger partial charge < -0.3 is 19.5 Å². The highest BCUT2D eigenvalue weighted by Crippen LogP contribution is 2.34. The third kappa shape index (κ3) is 5.72. The molecule has 1 N–H and O–H groups in total. The number of carbonyl (C=O) groups excluding carboxylic acids is 2. The molecule has 0 spiro atoms. The van der Waals surface area contributed by atoms with Crippen LogP contribution in [-0.2, 0) is 10.2 Å². The van der Waals surface area contributed by atoms with Gasteiger partial charge in [-0.1, -0.05) is 50.1 Å². The van der Waals surface area contributed by atoms with Gasteiger partial charge in [0.15, 0.2) is 0 Å². The Morgan fingerprint density at radius 2 is 1.64 bits per heavy atom. The summed E-state index contributed by atoms with van der Waals surface area (Å²) < 4.78 is 7.46. The summed E-state index contributed by atoms with van der Waals surface area (Å²) in [6.45, 7) is 7.05. The first-order chi connectivity index (χ1) is 17.4. The highest BCUT2D eigenvalue weighted by molar-refractivity contribution is 5.99. The molecule has 1 atom stereocenters. The monoisotopic (exact) mass is 493 g/mol. The standard InChI is InChI=1S/C29H39N3O4/c1-3-22(2)32-19-24(26(33)25(20-32)28(35)31-15-9-4-5-10-16-31)27(34)30-21-29(13-17-36-18-14-29)23-11-7-6-8-12-23/h6-8,11-12,19-20,22H,3-5,9-10,13-18,21H2,1-2H3,(H,30,34)/t22-/m1/s1. The zero-order chi connectivity index (χ0) is 25.5. The molecule has 2 amide bonds. The zero-order valence-electron chi connectivity index (χ0n) is 21.6. The topological polar surface area (TPSA) is 80.6 Å². The molecule has 0 unspecified atom stereocenters. The summed E-state index contributed by atoms with van der Waals surface area (Å²) in [6, 6.07) is 10.2. The maximum Gasteiger partial charge on any atom is 0.259 e. The Balaban J connectivity index is 1.63. The molecule has 7 nitrogen and oxygen atoms in total. The third-order valence-electron chi connectivity index (χ3n) is 7.94. The maximum absolute atomic E-state index is 13.5. The van der Waals surface area contributed by atoms with Crippen LogP contribution in [0.4, 0.5) is 0 Å². The largest absolute Gasteiger partial charge is 0.381 e. The molecule has 36 heavy (non-hydrogen) atoms. The summed E-state index contributed by atoms with van der Waals surface area (Å²) in [6.07, 6.45) is 9.74. The van der Waals surface area contributed by atoms with Gasteiger partial charge in [-0.2, -0.15) is 0 Å². The average Bonchev–Trinajstić information content (AvgIpc) is 3.22. The van der Waals surface area contributed by atoms with Gasteiger partial charge in [-0.25, -0.2) is 0 Å². The number of likely N-dealkylation sites (tertiary alicyclic amines) is 1. The number of amides is 2. The molecule has 7 heteroatoms. The Bertz CT molecular complexity index is 1100. The van der Waals surface area contributed by atoms with Crippen molar-refractivity contribution < 1.29 is 14.3 Å². The number of ether oxygens (including phenoxy) is 1. The first-order valence-corrected chi connectivity index (χ1v) is 13.4. The number of rotatable bonds is 7. The van der Waals surface area contributed by atoms with Crippen LogP contribution >= 0.6 is 0 Å². The Labute approximate surface area is 213 Å². The van der Waals surface area contributed by atoms with E-state index < -0.39 is 11.3 Å². The smallest absolute Gasteiger partial charge is 0.259 e. The van der Waals surface area contributed by atoms with Gasteiger partial charge in [-0.05, 0) is 44.6 Å². The molecule has 1 aromatic heterocycles. The van der Waals surface area contributed by atoms with Gasteiger partial charge in [0.25, 0.3) is 11.8 Å². The molecule has 1 aromatic carbocycles. The lowest BCUT2D eigenvalue weighted by molar-refractivity contribution is 0.0487. The van der Waals surface area contributed by atoms with Gasteiger partial charge in [0.05, 0.1) is 0 Å². The van der Waals surface area contributed by atoms with Crippen LogP contribution < -0.4 is 10.7 Å². The molecular weight excluding hydrogens is 454 g/mol. The summed E-state index contributed by atoms with van der Waals surface area (Å²) in [7, 11) is 0. The second-order valence-electron chi connectivity index (χ2n) is 10.3. The summed E-state index contributed by atoms with van der Waals surface area (Å²) in [4.78, 5) is 42.2. The van der Waals surface area contributed by atoms with E-state index in [0.29, 0.717) is 32.8 Å². The molecule has 0 radical (unpaired) electrons. The van der Waals surface area contributed by atoms with Gasteiger partial charge in [0.1, 0.15) is 11.1 Å². The van der Waals surface area contributed by atoms with Gasteiger partial charge in [-0.15, -0.1) is 0 Å². The van der Waals surface area contributed by atoms with Crippen LogP contribution in [0, 0.1) is 0 Å². The lowest BCUT2D eigenvalue weighted by Gasteiger charge is -2.38. The van der Waals surface area contributed by atoms with Crippen LogP contribution in [0.3, 0.4) is 0 Å². The van der Waals surface area contributed by atoms with Crippen LogP contribution in [0.2, 0.25) is 0 Å². The number of benzene rings is 1. The minimum absolute atomic E-state index is 0.0336. The number of hydrogen-bond donors (Lipinski definition) is 1. The predicted octanol–water partition coefficient (Wildman–Crippen LogP) is 4.31. The second kappa shape index (κ2) is 11.9. The summed E-state index contributed by atoms with van der Waals surface area (Å²) in [5.74, 6) is -0.692. The second-order valence-corrected chi connectivity index (χ2v) is 10.3. The Hall–Kier alpha value is -2.93. The molecule has 0 aliphatic carbocycles. The van der Waals surface area contributed by atoms with Crippen molar-refractivity contribution in [2.45, 2.75) is 70.3 Å². The fourth-order valence-electron chi connectivity index (χ4n) is 5.29. The van der Waals surface area contributed by atoms with E-state index in [9.17, 15) is 14.4 Å². The van der Waals surface area contributed by atoms with E-state index in [1.54, 1.807) is 17.3 Å². The fourth-order valence-corrected chi connectivity index (χ4v) is 5.29. The van der Waals surface area contributed by atoms with E-state index >= 15 is 0 Å². The molecule has 2 aromatic rings. The summed E-state index contributed by atoms with van der Waals surface area (Å²) in [5, 5.41) is 3.06. The molecule has 2 aliphatic rings. The van der Waals surface area contributed by atoms with E-state index in [4.69, 9.17) is 4.74 Å². The minimum atomic E-state index is -0.484. The molecule has 2 saturated heterocycles. The summed E-state index contributed by atoms with van der Waals surface area (Å²) in [5.41, 5.74) is 0.558. The lowest BCUT2D eigenvalue weighted by atomic mass is 9.74. The van der Waals surface area contributed by atoms with Crippen molar-refractivity contribution in [1.82, 2.24) is 14.8 Å². The van der Waals surface area contributed by atoms with Crippen molar-refractivity contribution in [1.29, 1.82) is 0 Å². The van der Waals surface area contributed by atoms with Gasteiger partial charge >= 0.3 is 0 Å². The van der Waals surface area contributed by atoms with Crippen molar-refractivity contribution in [2.75, 3.05) is 32.8 Å². The molecule has 0 saturated carbocycles. The number of nitrogens with zero attached hydrogens (tertiary/aromatic N) is 2. The Kier molecular flexibility index (Phi) is 8.62. The number of carbonyl (C=O) groups is 2. The first-order valence-electron chi connectivity index (χ1n) is 13.4. The van der Waals surface area contributed by atoms with E-state index in [1.807, 2.05) is 36.6 Å².